The highest BCUT2D eigenvalue weighted by molar-refractivity contribution is 7.13. The van der Waals surface area contributed by atoms with Crippen molar-refractivity contribution in [3.8, 4) is 10.6 Å². The largest absolute Gasteiger partial charge is 0.481 e. The van der Waals surface area contributed by atoms with Crippen LogP contribution in [0.4, 0.5) is 5.69 Å². The van der Waals surface area contributed by atoms with E-state index in [9.17, 15) is 4.79 Å². The van der Waals surface area contributed by atoms with Gasteiger partial charge in [-0.05, 0) is 24.6 Å². The molecule has 1 aromatic heterocycles. The molecule has 0 atom stereocenters. The van der Waals surface area contributed by atoms with Gasteiger partial charge in [0.15, 0.2) is 0 Å². The first kappa shape index (κ1) is 17.2. The topological polar surface area (TPSA) is 53.4 Å². The van der Waals surface area contributed by atoms with E-state index in [1.54, 1.807) is 0 Å². The molecule has 0 spiro atoms. The molecule has 0 amide bonds. The molecule has 2 aromatic carbocycles. The number of nitrogens with zero attached hydrogens (tertiary/aromatic N) is 2. The van der Waals surface area contributed by atoms with Crippen molar-refractivity contribution in [2.45, 2.75) is 19.9 Å². The number of carboxylic acid groups (broad SMARTS) is 1. The highest BCUT2D eigenvalue weighted by Crippen LogP contribution is 2.25. The predicted octanol–water partition coefficient (Wildman–Crippen LogP) is 4.46. The summed E-state index contributed by atoms with van der Waals surface area (Å²) in [6.07, 6.45) is -0.0306. The zero-order chi connectivity index (χ0) is 17.6. The second kappa shape index (κ2) is 7.94. The second-order valence-electron chi connectivity index (χ2n) is 5.76. The van der Waals surface area contributed by atoms with Gasteiger partial charge in [0.1, 0.15) is 5.01 Å². The average molecular weight is 352 g/mol. The molecule has 4 nitrogen and oxygen atoms in total. The van der Waals surface area contributed by atoms with E-state index in [0.717, 1.165) is 23.7 Å². The maximum atomic E-state index is 10.8. The lowest BCUT2D eigenvalue weighted by molar-refractivity contribution is -0.136. The summed E-state index contributed by atoms with van der Waals surface area (Å²) in [6.45, 7) is 3.95. The van der Waals surface area contributed by atoms with Gasteiger partial charge in [0.25, 0.3) is 0 Å². The SMILES string of the molecule is CCN(Cc1ccc(-c2nc(CC(=O)O)cs2)cc1)c1ccccc1. The lowest BCUT2D eigenvalue weighted by Gasteiger charge is -2.23. The van der Waals surface area contributed by atoms with Gasteiger partial charge in [-0.1, -0.05) is 42.5 Å². The molecule has 3 rings (SSSR count). The van der Waals surface area contributed by atoms with E-state index < -0.39 is 5.97 Å². The monoisotopic (exact) mass is 352 g/mol. The van der Waals surface area contributed by atoms with Crippen molar-refractivity contribution in [3.05, 3.63) is 71.2 Å². The number of aromatic nitrogens is 1. The van der Waals surface area contributed by atoms with Crippen LogP contribution in [0.25, 0.3) is 10.6 Å². The molecular weight excluding hydrogens is 332 g/mol. The molecule has 0 fully saturated rings. The highest BCUT2D eigenvalue weighted by Gasteiger charge is 2.09. The minimum Gasteiger partial charge on any atom is -0.481 e. The first-order valence-electron chi connectivity index (χ1n) is 8.21. The number of rotatable bonds is 7. The summed E-state index contributed by atoms with van der Waals surface area (Å²) in [5.74, 6) is -0.854. The number of hydrogen-bond acceptors (Lipinski definition) is 4. The number of para-hydroxylation sites is 1. The van der Waals surface area contributed by atoms with Gasteiger partial charge in [0.05, 0.1) is 12.1 Å². The Kier molecular flexibility index (Phi) is 5.46. The second-order valence-corrected chi connectivity index (χ2v) is 6.62. The van der Waals surface area contributed by atoms with Gasteiger partial charge in [-0.15, -0.1) is 11.3 Å². The first-order valence-corrected chi connectivity index (χ1v) is 9.09. The Labute approximate surface area is 151 Å². The molecule has 3 aromatic rings. The van der Waals surface area contributed by atoms with E-state index in [1.165, 1.54) is 22.6 Å². The number of thiazole rings is 1. The van der Waals surface area contributed by atoms with Crippen molar-refractivity contribution >= 4 is 23.0 Å². The van der Waals surface area contributed by atoms with Gasteiger partial charge in [0.2, 0.25) is 0 Å². The molecule has 5 heteroatoms. The van der Waals surface area contributed by atoms with Gasteiger partial charge in [-0.25, -0.2) is 4.98 Å². The van der Waals surface area contributed by atoms with Gasteiger partial charge in [-0.2, -0.15) is 0 Å². The van der Waals surface area contributed by atoms with E-state index >= 15 is 0 Å². The van der Waals surface area contributed by atoms with Crippen LogP contribution in [0, 0.1) is 0 Å². The van der Waals surface area contributed by atoms with Crippen molar-refractivity contribution in [3.63, 3.8) is 0 Å². The fourth-order valence-electron chi connectivity index (χ4n) is 2.67. The number of anilines is 1. The van der Waals surface area contributed by atoms with Crippen LogP contribution in [0.5, 0.6) is 0 Å². The molecule has 0 bridgehead atoms. The molecule has 25 heavy (non-hydrogen) atoms. The van der Waals surface area contributed by atoms with Crippen molar-refractivity contribution < 1.29 is 9.90 Å². The van der Waals surface area contributed by atoms with E-state index in [-0.39, 0.29) is 6.42 Å². The van der Waals surface area contributed by atoms with E-state index in [0.29, 0.717) is 5.69 Å². The van der Waals surface area contributed by atoms with Crippen molar-refractivity contribution in [2.24, 2.45) is 0 Å². The standard InChI is InChI=1S/C20H20N2O2S/c1-2-22(18-6-4-3-5-7-18)13-15-8-10-16(11-9-15)20-21-17(14-25-20)12-19(23)24/h3-11,14H,2,12-13H2,1H3,(H,23,24). The average Bonchev–Trinajstić information content (AvgIpc) is 3.08. The Hall–Kier alpha value is -2.66. The van der Waals surface area contributed by atoms with Crippen molar-refractivity contribution in [1.82, 2.24) is 4.98 Å². The highest BCUT2D eigenvalue weighted by atomic mass is 32.1. The molecule has 0 saturated carbocycles. The van der Waals surface area contributed by atoms with Crippen LogP contribution in [0.15, 0.2) is 60.0 Å². The fraction of sp³-hybridized carbons (Fsp3) is 0.200. The third kappa shape index (κ3) is 4.45. The number of aliphatic carboxylic acids is 1. The van der Waals surface area contributed by atoms with Crippen LogP contribution >= 0.6 is 11.3 Å². The van der Waals surface area contributed by atoms with Crippen LogP contribution in [-0.4, -0.2) is 22.6 Å². The smallest absolute Gasteiger partial charge is 0.309 e. The third-order valence-corrected chi connectivity index (χ3v) is 4.90. The summed E-state index contributed by atoms with van der Waals surface area (Å²) in [7, 11) is 0. The van der Waals surface area contributed by atoms with Crippen molar-refractivity contribution in [1.29, 1.82) is 0 Å². The molecule has 0 unspecified atom stereocenters. The van der Waals surface area contributed by atoms with Crippen LogP contribution in [0.2, 0.25) is 0 Å². The fourth-order valence-corrected chi connectivity index (χ4v) is 3.50. The molecule has 1 N–H and O–H groups in total. The molecule has 128 valence electrons. The zero-order valence-corrected chi connectivity index (χ0v) is 14.9. The van der Waals surface area contributed by atoms with E-state index in [1.807, 2.05) is 11.4 Å². The Morgan fingerprint density at radius 1 is 1.12 bits per heavy atom. The van der Waals surface area contributed by atoms with Gasteiger partial charge in [-0.3, -0.25) is 4.79 Å². The molecule has 0 saturated heterocycles. The quantitative estimate of drug-likeness (QED) is 0.682. The molecular formula is C20H20N2O2S. The lowest BCUT2D eigenvalue weighted by Crippen LogP contribution is -2.21. The van der Waals surface area contributed by atoms with Crippen molar-refractivity contribution in [2.75, 3.05) is 11.4 Å². The minimum atomic E-state index is -0.854. The van der Waals surface area contributed by atoms with Crippen LogP contribution in [0.3, 0.4) is 0 Å². The summed E-state index contributed by atoms with van der Waals surface area (Å²) in [5, 5.41) is 11.5. The molecule has 0 aliphatic carbocycles. The Balaban J connectivity index is 1.71. The van der Waals surface area contributed by atoms with Gasteiger partial charge < -0.3 is 10.0 Å². The summed E-state index contributed by atoms with van der Waals surface area (Å²) < 4.78 is 0. The normalized spacial score (nSPS) is 10.6. The van der Waals surface area contributed by atoms with Gasteiger partial charge in [0, 0.05) is 29.7 Å². The Morgan fingerprint density at radius 3 is 2.48 bits per heavy atom. The number of carboxylic acids is 1. The molecule has 0 aliphatic rings. The molecule has 0 radical (unpaired) electrons. The number of carbonyl (C=O) groups is 1. The summed E-state index contributed by atoms with van der Waals surface area (Å²) in [5.41, 5.74) is 4.08. The van der Waals surface area contributed by atoms with E-state index in [4.69, 9.17) is 5.11 Å². The number of hydrogen-bond donors (Lipinski definition) is 1. The Morgan fingerprint density at radius 2 is 1.84 bits per heavy atom. The summed E-state index contributed by atoms with van der Waals surface area (Å²) in [6, 6.07) is 18.7. The van der Waals surface area contributed by atoms with Gasteiger partial charge >= 0.3 is 5.97 Å². The third-order valence-electron chi connectivity index (χ3n) is 3.96. The summed E-state index contributed by atoms with van der Waals surface area (Å²) >= 11 is 1.48. The number of benzene rings is 2. The zero-order valence-electron chi connectivity index (χ0n) is 14.1. The maximum Gasteiger partial charge on any atom is 0.309 e. The maximum absolute atomic E-state index is 10.8. The lowest BCUT2D eigenvalue weighted by atomic mass is 10.1. The van der Waals surface area contributed by atoms with Crippen LogP contribution in [0.1, 0.15) is 18.2 Å². The summed E-state index contributed by atoms with van der Waals surface area (Å²) in [4.78, 5) is 17.5. The minimum absolute atomic E-state index is 0.0306. The Bertz CT molecular complexity index is 828. The molecule has 0 aliphatic heterocycles. The van der Waals surface area contributed by atoms with Crippen LogP contribution in [-0.2, 0) is 17.8 Å². The van der Waals surface area contributed by atoms with Crippen LogP contribution < -0.4 is 4.90 Å². The van der Waals surface area contributed by atoms with E-state index in [2.05, 4.69) is 65.3 Å². The molecule has 1 heterocycles. The predicted molar refractivity (Wildman–Crippen MR) is 102 cm³/mol. The first-order chi connectivity index (χ1) is 12.2.